The molecule has 1 aromatic heterocycles. The zero-order chi connectivity index (χ0) is 12.6. The molecule has 94 valence electrons. The lowest BCUT2D eigenvalue weighted by Gasteiger charge is -2.21. The second-order valence-electron chi connectivity index (χ2n) is 4.88. The van der Waals surface area contributed by atoms with Crippen LogP contribution in [-0.4, -0.2) is 39.7 Å². The summed E-state index contributed by atoms with van der Waals surface area (Å²) in [6.07, 6.45) is 0.898. The molecule has 2 atom stereocenters. The molecule has 1 amide bonds. The maximum Gasteiger partial charge on any atom is 0.247 e. The highest BCUT2D eigenvalue weighted by Gasteiger charge is 2.28. The first-order chi connectivity index (χ1) is 7.99. The van der Waals surface area contributed by atoms with Crippen molar-refractivity contribution in [1.82, 2.24) is 14.7 Å². The van der Waals surface area contributed by atoms with E-state index < -0.39 is 0 Å². The highest BCUT2D eigenvalue weighted by atomic mass is 16.2. The fourth-order valence-electron chi connectivity index (χ4n) is 2.39. The van der Waals surface area contributed by atoms with Crippen LogP contribution in [0.2, 0.25) is 0 Å². The van der Waals surface area contributed by atoms with Crippen molar-refractivity contribution in [2.24, 2.45) is 5.73 Å². The van der Waals surface area contributed by atoms with Gasteiger partial charge in [-0.15, -0.1) is 0 Å². The Balaban J connectivity index is 2.12. The molecule has 1 aliphatic rings. The molecule has 5 heteroatoms. The van der Waals surface area contributed by atoms with Gasteiger partial charge in [-0.25, -0.2) is 0 Å². The van der Waals surface area contributed by atoms with Crippen LogP contribution in [0.5, 0.6) is 0 Å². The predicted octanol–water partition coefficient (Wildman–Crippen LogP) is 0.621. The van der Waals surface area contributed by atoms with Crippen LogP contribution in [0.1, 0.15) is 30.8 Å². The van der Waals surface area contributed by atoms with E-state index in [1.165, 1.54) is 0 Å². The van der Waals surface area contributed by atoms with Gasteiger partial charge < -0.3 is 10.6 Å². The summed E-state index contributed by atoms with van der Waals surface area (Å²) in [5, 5.41) is 4.36. The summed E-state index contributed by atoms with van der Waals surface area (Å²) >= 11 is 0. The standard InChI is InChI=1S/C12H20N4O/c1-8-6-9(2)16(14-8)10(3)12(17)15-5-4-11(13)7-15/h6,10-11H,4-5,7,13H2,1-3H3/t10-,11-/m1/s1. The molecule has 2 N–H and O–H groups in total. The number of amides is 1. The average Bonchev–Trinajstić information content (AvgIpc) is 2.83. The van der Waals surface area contributed by atoms with Crippen LogP contribution in [0.15, 0.2) is 6.07 Å². The van der Waals surface area contributed by atoms with Gasteiger partial charge in [0.25, 0.3) is 0 Å². The SMILES string of the molecule is Cc1cc(C)n([C@H](C)C(=O)N2CC[C@@H](N)C2)n1. The summed E-state index contributed by atoms with van der Waals surface area (Å²) in [7, 11) is 0. The number of carbonyl (C=O) groups is 1. The Morgan fingerprint density at radius 1 is 1.59 bits per heavy atom. The first-order valence-electron chi connectivity index (χ1n) is 6.06. The Morgan fingerprint density at radius 2 is 2.29 bits per heavy atom. The lowest BCUT2D eigenvalue weighted by Crippen LogP contribution is -2.37. The predicted molar refractivity (Wildman–Crippen MR) is 65.6 cm³/mol. The molecule has 2 heterocycles. The smallest absolute Gasteiger partial charge is 0.247 e. The van der Waals surface area contributed by atoms with Crippen molar-refractivity contribution in [3.8, 4) is 0 Å². The van der Waals surface area contributed by atoms with E-state index in [-0.39, 0.29) is 18.0 Å². The Morgan fingerprint density at radius 3 is 2.76 bits per heavy atom. The fraction of sp³-hybridized carbons (Fsp3) is 0.667. The molecule has 0 aliphatic carbocycles. The fourth-order valence-corrected chi connectivity index (χ4v) is 2.39. The van der Waals surface area contributed by atoms with Gasteiger partial charge in [-0.2, -0.15) is 5.10 Å². The van der Waals surface area contributed by atoms with Crippen molar-refractivity contribution in [3.05, 3.63) is 17.5 Å². The number of rotatable bonds is 2. The van der Waals surface area contributed by atoms with E-state index in [1.807, 2.05) is 31.7 Å². The first-order valence-corrected chi connectivity index (χ1v) is 6.06. The van der Waals surface area contributed by atoms with E-state index in [9.17, 15) is 4.79 Å². The van der Waals surface area contributed by atoms with Gasteiger partial charge in [0, 0.05) is 24.8 Å². The Labute approximate surface area is 102 Å². The molecular weight excluding hydrogens is 216 g/mol. The van der Waals surface area contributed by atoms with Crippen LogP contribution >= 0.6 is 0 Å². The highest BCUT2D eigenvalue weighted by molar-refractivity contribution is 5.80. The van der Waals surface area contributed by atoms with Gasteiger partial charge in [0.1, 0.15) is 6.04 Å². The van der Waals surface area contributed by atoms with E-state index in [1.54, 1.807) is 4.68 Å². The molecule has 2 rings (SSSR count). The third-order valence-corrected chi connectivity index (χ3v) is 3.31. The number of carbonyl (C=O) groups excluding carboxylic acids is 1. The molecule has 0 unspecified atom stereocenters. The third-order valence-electron chi connectivity index (χ3n) is 3.31. The number of aryl methyl sites for hydroxylation is 2. The molecule has 0 bridgehead atoms. The lowest BCUT2D eigenvalue weighted by molar-refractivity contribution is -0.133. The van der Waals surface area contributed by atoms with Gasteiger partial charge in [-0.05, 0) is 33.3 Å². The maximum absolute atomic E-state index is 12.3. The van der Waals surface area contributed by atoms with Gasteiger partial charge in [0.15, 0.2) is 0 Å². The van der Waals surface area contributed by atoms with Crippen LogP contribution in [-0.2, 0) is 4.79 Å². The summed E-state index contributed by atoms with van der Waals surface area (Å²) in [5.41, 5.74) is 7.78. The summed E-state index contributed by atoms with van der Waals surface area (Å²) in [4.78, 5) is 14.1. The molecule has 1 fully saturated rings. The van der Waals surface area contributed by atoms with Crippen molar-refractivity contribution >= 4 is 5.91 Å². The van der Waals surface area contributed by atoms with Crippen LogP contribution in [0, 0.1) is 13.8 Å². The van der Waals surface area contributed by atoms with Crippen molar-refractivity contribution < 1.29 is 4.79 Å². The molecule has 0 spiro atoms. The van der Waals surface area contributed by atoms with Crippen molar-refractivity contribution in [1.29, 1.82) is 0 Å². The molecule has 5 nitrogen and oxygen atoms in total. The minimum absolute atomic E-state index is 0.115. The largest absolute Gasteiger partial charge is 0.339 e. The number of likely N-dealkylation sites (tertiary alicyclic amines) is 1. The summed E-state index contributed by atoms with van der Waals surface area (Å²) in [5.74, 6) is 0.115. The normalized spacial score (nSPS) is 21.9. The van der Waals surface area contributed by atoms with E-state index in [0.717, 1.165) is 24.4 Å². The Bertz CT molecular complexity index is 426. The van der Waals surface area contributed by atoms with Crippen LogP contribution < -0.4 is 5.73 Å². The number of hydrogen-bond acceptors (Lipinski definition) is 3. The first kappa shape index (κ1) is 12.1. The van der Waals surface area contributed by atoms with Crippen LogP contribution in [0.4, 0.5) is 0 Å². The second-order valence-corrected chi connectivity index (χ2v) is 4.88. The second kappa shape index (κ2) is 4.49. The van der Waals surface area contributed by atoms with Gasteiger partial charge in [-0.1, -0.05) is 0 Å². The van der Waals surface area contributed by atoms with E-state index in [0.29, 0.717) is 6.54 Å². The molecule has 0 saturated carbocycles. The summed E-state index contributed by atoms with van der Waals surface area (Å²) in [6, 6.07) is 1.88. The van der Waals surface area contributed by atoms with E-state index >= 15 is 0 Å². The Kier molecular flexibility index (Phi) is 3.19. The van der Waals surface area contributed by atoms with E-state index in [2.05, 4.69) is 5.10 Å². The van der Waals surface area contributed by atoms with Crippen molar-refractivity contribution in [3.63, 3.8) is 0 Å². The molecule has 0 aromatic carbocycles. The summed E-state index contributed by atoms with van der Waals surface area (Å²) in [6.45, 7) is 7.24. The van der Waals surface area contributed by atoms with Crippen molar-refractivity contribution in [2.75, 3.05) is 13.1 Å². The highest BCUT2D eigenvalue weighted by Crippen LogP contribution is 2.17. The lowest BCUT2D eigenvalue weighted by atomic mass is 10.3. The van der Waals surface area contributed by atoms with Gasteiger partial charge in [0.2, 0.25) is 5.91 Å². The van der Waals surface area contributed by atoms with Gasteiger partial charge in [-0.3, -0.25) is 9.48 Å². The van der Waals surface area contributed by atoms with Gasteiger partial charge in [0.05, 0.1) is 5.69 Å². The third kappa shape index (κ3) is 2.34. The van der Waals surface area contributed by atoms with Crippen molar-refractivity contribution in [2.45, 2.75) is 39.3 Å². The number of nitrogens with zero attached hydrogens (tertiary/aromatic N) is 3. The average molecular weight is 236 g/mol. The minimum Gasteiger partial charge on any atom is -0.339 e. The Hall–Kier alpha value is -1.36. The van der Waals surface area contributed by atoms with Crippen LogP contribution in [0.25, 0.3) is 0 Å². The minimum atomic E-state index is -0.242. The van der Waals surface area contributed by atoms with Gasteiger partial charge >= 0.3 is 0 Å². The topological polar surface area (TPSA) is 64.2 Å². The number of nitrogens with two attached hydrogens (primary N) is 1. The molecule has 17 heavy (non-hydrogen) atoms. The number of aromatic nitrogens is 2. The molecule has 1 aromatic rings. The van der Waals surface area contributed by atoms with Crippen LogP contribution in [0.3, 0.4) is 0 Å². The summed E-state index contributed by atoms with van der Waals surface area (Å²) < 4.78 is 1.79. The molecular formula is C12H20N4O. The quantitative estimate of drug-likeness (QED) is 0.818. The zero-order valence-corrected chi connectivity index (χ0v) is 10.7. The zero-order valence-electron chi connectivity index (χ0n) is 10.7. The molecule has 0 radical (unpaired) electrons. The molecule has 1 aliphatic heterocycles. The maximum atomic E-state index is 12.3. The monoisotopic (exact) mass is 236 g/mol. The number of hydrogen-bond donors (Lipinski definition) is 1. The molecule has 1 saturated heterocycles. The van der Waals surface area contributed by atoms with E-state index in [4.69, 9.17) is 5.73 Å².